The Balaban J connectivity index is 0. The van der Waals surface area contributed by atoms with Gasteiger partial charge in [0.25, 0.3) is 0 Å². The second-order valence-electron chi connectivity index (χ2n) is 0.970. The Hall–Kier alpha value is -0.185. The second kappa shape index (κ2) is 2.21. The fourth-order valence-electron chi connectivity index (χ4n) is 0.189. The third-order valence-electron chi connectivity index (χ3n) is 0.356. The van der Waals surface area contributed by atoms with Crippen molar-refractivity contribution in [1.82, 2.24) is 0 Å². The van der Waals surface area contributed by atoms with Crippen molar-refractivity contribution in [3.05, 3.63) is 0 Å². The van der Waals surface area contributed by atoms with Gasteiger partial charge in [0.15, 0.2) is 0 Å². The molecule has 0 radical (unpaired) electrons. The smallest absolute Gasteiger partial charge is 0.508 e. The Morgan fingerprint density at radius 3 is 2.00 bits per heavy atom. The fourth-order valence-corrected chi connectivity index (χ4v) is 0.189. The van der Waals surface area contributed by atoms with Crippen molar-refractivity contribution < 1.29 is 19.0 Å². The molecule has 0 bridgehead atoms. The van der Waals surface area contributed by atoms with Crippen LogP contribution in [-0.4, -0.2) is 13.8 Å². The Bertz CT molecular complexity index is 55.7. The fraction of sp³-hybridized carbons (Fsp3) is 1.00. The molecular formula is C2H6BF3O. The third kappa shape index (κ3) is 5.81. The Morgan fingerprint density at radius 1 is 1.57 bits per heavy atom. The lowest BCUT2D eigenvalue weighted by atomic mass is 10.3. The van der Waals surface area contributed by atoms with Crippen LogP contribution in [0.3, 0.4) is 0 Å². The summed E-state index contributed by atoms with van der Waals surface area (Å²) in [6.07, 6.45) is 0. The molecule has 0 saturated carbocycles. The predicted molar refractivity (Wildman–Crippen MR) is 21.8 cm³/mol. The summed E-state index contributed by atoms with van der Waals surface area (Å²) >= 11 is 0. The highest BCUT2D eigenvalue weighted by Crippen LogP contribution is 2.07. The molecule has 0 aromatic rings. The van der Waals surface area contributed by atoms with E-state index in [1.54, 1.807) is 0 Å². The van der Waals surface area contributed by atoms with E-state index in [0.717, 1.165) is 0 Å². The first kappa shape index (κ1) is 6.81. The average Bonchev–Trinajstić information content (AvgIpc) is 1.30. The molecule has 0 aliphatic heterocycles. The lowest BCUT2D eigenvalue weighted by Crippen LogP contribution is -2.20. The van der Waals surface area contributed by atoms with E-state index in [2.05, 4.69) is 4.65 Å². The zero-order valence-corrected chi connectivity index (χ0v) is 3.83. The van der Waals surface area contributed by atoms with E-state index in [1.807, 2.05) is 0 Å². The molecule has 7 heavy (non-hydrogen) atoms. The minimum atomic E-state index is -4.99. The maximum absolute atomic E-state index is 10.9. The molecule has 0 spiro atoms. The first-order chi connectivity index (χ1) is 3.06. The van der Waals surface area contributed by atoms with Gasteiger partial charge in [-0.15, -0.1) is 0 Å². The zero-order valence-electron chi connectivity index (χ0n) is 4.83. The van der Waals surface area contributed by atoms with Gasteiger partial charge in [0.1, 0.15) is 0 Å². The number of halogens is 3. The van der Waals surface area contributed by atoms with Crippen LogP contribution in [0.1, 0.15) is 8.35 Å². The van der Waals surface area contributed by atoms with Crippen LogP contribution in [0.4, 0.5) is 12.9 Å². The standard InChI is InChI=1S/C2H5BF3O/c1-2-7-3(4,5)6/h2H2,1H3/q-1/p+1. The van der Waals surface area contributed by atoms with Gasteiger partial charge in [-0.25, -0.2) is 0 Å². The molecule has 0 amide bonds. The average molecular weight is 114 g/mol. The van der Waals surface area contributed by atoms with E-state index >= 15 is 0 Å². The van der Waals surface area contributed by atoms with Crippen molar-refractivity contribution in [2.45, 2.75) is 6.92 Å². The zero-order chi connectivity index (χ0) is 5.91. The van der Waals surface area contributed by atoms with E-state index in [4.69, 9.17) is 0 Å². The van der Waals surface area contributed by atoms with Gasteiger partial charge in [-0.05, 0) is 6.92 Å². The van der Waals surface area contributed by atoms with Crippen LogP contribution in [-0.2, 0) is 4.65 Å². The molecule has 0 fully saturated rings. The largest absolute Gasteiger partial charge is 1.00 e. The van der Waals surface area contributed by atoms with Gasteiger partial charge in [-0.3, -0.25) is 0 Å². The monoisotopic (exact) mass is 114 g/mol. The van der Waals surface area contributed by atoms with Crippen molar-refractivity contribution >= 4 is 7.18 Å². The summed E-state index contributed by atoms with van der Waals surface area (Å²) < 4.78 is 36.0. The summed E-state index contributed by atoms with van der Waals surface area (Å²) in [5.41, 5.74) is 0. The minimum Gasteiger partial charge on any atom is -0.508 e. The van der Waals surface area contributed by atoms with E-state index < -0.39 is 7.18 Å². The molecular weight excluding hydrogens is 108 g/mol. The molecule has 0 unspecified atom stereocenters. The normalized spacial score (nSPS) is 12.0. The summed E-state index contributed by atoms with van der Waals surface area (Å²) in [7, 11) is -4.99. The van der Waals surface area contributed by atoms with Crippen molar-refractivity contribution in [3.63, 3.8) is 0 Å². The van der Waals surface area contributed by atoms with Crippen LogP contribution in [0.5, 0.6) is 0 Å². The Morgan fingerprint density at radius 2 is 2.00 bits per heavy atom. The highest BCUT2D eigenvalue weighted by Gasteiger charge is 2.23. The summed E-state index contributed by atoms with van der Waals surface area (Å²) in [4.78, 5) is 0. The quantitative estimate of drug-likeness (QED) is 0.494. The van der Waals surface area contributed by atoms with Crippen LogP contribution in [0, 0.1) is 0 Å². The van der Waals surface area contributed by atoms with Gasteiger partial charge < -0.3 is 17.6 Å². The van der Waals surface area contributed by atoms with Gasteiger partial charge in [-0.1, -0.05) is 0 Å². The number of hydrogen-bond donors (Lipinski definition) is 0. The van der Waals surface area contributed by atoms with Gasteiger partial charge >= 0.3 is 8.61 Å². The molecule has 0 aromatic heterocycles. The van der Waals surface area contributed by atoms with Crippen LogP contribution in [0.25, 0.3) is 0 Å². The maximum Gasteiger partial charge on any atom is 1.00 e. The van der Waals surface area contributed by atoms with Crippen LogP contribution < -0.4 is 0 Å². The molecule has 0 rings (SSSR count). The maximum atomic E-state index is 10.9. The first-order valence-electron chi connectivity index (χ1n) is 1.89. The summed E-state index contributed by atoms with van der Waals surface area (Å²) in [5, 5.41) is 0. The van der Waals surface area contributed by atoms with Gasteiger partial charge in [-0.2, -0.15) is 0 Å². The van der Waals surface area contributed by atoms with Crippen molar-refractivity contribution in [2.75, 3.05) is 6.61 Å². The SMILES string of the molecule is CCO[B-](F)(F)F.[H+]. The van der Waals surface area contributed by atoms with E-state index in [-0.39, 0.29) is 8.03 Å². The lowest BCUT2D eigenvalue weighted by molar-refractivity contribution is 0.187. The molecule has 1 nitrogen and oxygen atoms in total. The predicted octanol–water partition coefficient (Wildman–Crippen LogP) is 1.48. The van der Waals surface area contributed by atoms with E-state index in [1.165, 1.54) is 6.92 Å². The molecule has 0 aliphatic carbocycles. The van der Waals surface area contributed by atoms with Crippen molar-refractivity contribution in [2.24, 2.45) is 0 Å². The van der Waals surface area contributed by atoms with Gasteiger partial charge in [0.05, 0.1) is 0 Å². The van der Waals surface area contributed by atoms with Gasteiger partial charge in [0, 0.05) is 6.61 Å². The minimum absolute atomic E-state index is 0. The molecule has 0 heterocycles. The number of hydrogen-bond acceptors (Lipinski definition) is 1. The third-order valence-corrected chi connectivity index (χ3v) is 0.356. The van der Waals surface area contributed by atoms with Crippen LogP contribution in [0.15, 0.2) is 0 Å². The van der Waals surface area contributed by atoms with Crippen molar-refractivity contribution in [1.29, 1.82) is 0 Å². The molecule has 0 N–H and O–H groups in total. The van der Waals surface area contributed by atoms with Crippen molar-refractivity contribution in [3.8, 4) is 0 Å². The molecule has 0 aromatic carbocycles. The highest BCUT2D eigenvalue weighted by molar-refractivity contribution is 6.51. The molecule has 0 aliphatic rings. The Kier molecular flexibility index (Phi) is 2.15. The second-order valence-corrected chi connectivity index (χ2v) is 0.970. The number of rotatable bonds is 2. The molecule has 44 valence electrons. The highest BCUT2D eigenvalue weighted by atomic mass is 19.4. The van der Waals surface area contributed by atoms with Crippen LogP contribution >= 0.6 is 0 Å². The molecule has 0 saturated heterocycles. The summed E-state index contributed by atoms with van der Waals surface area (Å²) in [5.74, 6) is 0. The first-order valence-corrected chi connectivity index (χ1v) is 1.89. The molecule has 5 heteroatoms. The Labute approximate surface area is 41.0 Å². The summed E-state index contributed by atoms with van der Waals surface area (Å²) in [6.45, 7) is 1.01. The summed E-state index contributed by atoms with van der Waals surface area (Å²) in [6, 6.07) is 0. The lowest BCUT2D eigenvalue weighted by Gasteiger charge is -2.12. The molecule has 0 atom stereocenters. The van der Waals surface area contributed by atoms with Crippen LogP contribution in [0.2, 0.25) is 0 Å². The van der Waals surface area contributed by atoms with E-state index in [0.29, 0.717) is 0 Å². The van der Waals surface area contributed by atoms with Gasteiger partial charge in [0.2, 0.25) is 0 Å². The topological polar surface area (TPSA) is 9.23 Å². The van der Waals surface area contributed by atoms with E-state index in [9.17, 15) is 12.9 Å².